The summed E-state index contributed by atoms with van der Waals surface area (Å²) in [5.74, 6) is -0.555. The van der Waals surface area contributed by atoms with E-state index in [0.717, 1.165) is 0 Å². The molecule has 0 aliphatic heterocycles. The summed E-state index contributed by atoms with van der Waals surface area (Å²) in [6.45, 7) is 0. The van der Waals surface area contributed by atoms with Crippen molar-refractivity contribution in [3.63, 3.8) is 0 Å². The number of carbonyl (C=O) groups excluding carboxylic acids is 1. The molecule has 0 spiro atoms. The molecule has 0 fully saturated rings. The van der Waals surface area contributed by atoms with Gasteiger partial charge in [-0.05, 0) is 36.4 Å². The number of hydrogen-bond donors (Lipinski definition) is 0. The van der Waals surface area contributed by atoms with Gasteiger partial charge in [0.05, 0.1) is 7.11 Å². The van der Waals surface area contributed by atoms with Crippen LogP contribution >= 0.6 is 0 Å². The first-order chi connectivity index (χ1) is 10.6. The van der Waals surface area contributed by atoms with Gasteiger partial charge in [-0.15, -0.1) is 0 Å². The van der Waals surface area contributed by atoms with Crippen LogP contribution in [-0.4, -0.2) is 12.9 Å². The molecule has 2 aromatic carbocycles. The Balaban J connectivity index is 2.15. The minimum absolute atomic E-state index is 0.104. The summed E-state index contributed by atoms with van der Waals surface area (Å²) < 4.78 is 23.2. The van der Waals surface area contributed by atoms with Crippen molar-refractivity contribution in [2.45, 2.75) is 0 Å². The van der Waals surface area contributed by atoms with E-state index >= 15 is 0 Å². The number of para-hydroxylation sites is 1. The molecule has 22 heavy (non-hydrogen) atoms. The molecule has 1 aromatic heterocycles. The number of hydrogen-bond acceptors (Lipinski definition) is 4. The first kappa shape index (κ1) is 14.0. The summed E-state index contributed by atoms with van der Waals surface area (Å²) in [4.78, 5) is 24.4. The molecule has 4 nitrogen and oxygen atoms in total. The van der Waals surface area contributed by atoms with E-state index in [1.807, 2.05) is 0 Å². The number of methoxy groups -OCH3 is 1. The zero-order valence-electron chi connectivity index (χ0n) is 11.6. The number of halogens is 1. The highest BCUT2D eigenvalue weighted by Crippen LogP contribution is 2.25. The number of benzene rings is 2. The maximum Gasteiger partial charge on any atom is 0.347 e. The lowest BCUT2D eigenvalue weighted by Crippen LogP contribution is -2.14. The van der Waals surface area contributed by atoms with Gasteiger partial charge in [-0.2, -0.15) is 0 Å². The van der Waals surface area contributed by atoms with Crippen molar-refractivity contribution in [1.29, 1.82) is 0 Å². The molecule has 3 rings (SSSR count). The lowest BCUT2D eigenvalue weighted by atomic mass is 10.0. The predicted octanol–water partition coefficient (Wildman–Crippen LogP) is 3.17. The van der Waals surface area contributed by atoms with Gasteiger partial charge in [-0.25, -0.2) is 9.18 Å². The normalized spacial score (nSPS) is 10.6. The third-order valence-electron chi connectivity index (χ3n) is 3.29. The zero-order valence-corrected chi connectivity index (χ0v) is 11.6. The highest BCUT2D eigenvalue weighted by Gasteiger charge is 2.17. The average molecular weight is 298 g/mol. The van der Waals surface area contributed by atoms with Gasteiger partial charge in [0.15, 0.2) is 17.1 Å². The molecule has 0 atom stereocenters. The molecule has 5 heteroatoms. The molecule has 0 radical (unpaired) electrons. The number of rotatable bonds is 3. The fraction of sp³-hybridized carbons (Fsp3) is 0.0588. The maximum atomic E-state index is 12.9. The van der Waals surface area contributed by atoms with E-state index in [0.29, 0.717) is 11.1 Å². The van der Waals surface area contributed by atoms with Crippen molar-refractivity contribution in [3.8, 4) is 5.75 Å². The van der Waals surface area contributed by atoms with Gasteiger partial charge >= 0.3 is 5.63 Å². The summed E-state index contributed by atoms with van der Waals surface area (Å²) in [6, 6.07) is 11.5. The van der Waals surface area contributed by atoms with Crippen LogP contribution in [0.5, 0.6) is 5.75 Å². The summed E-state index contributed by atoms with van der Waals surface area (Å²) in [7, 11) is 1.46. The van der Waals surface area contributed by atoms with Crippen LogP contribution in [0.25, 0.3) is 11.0 Å². The number of ether oxygens (including phenoxy) is 1. The van der Waals surface area contributed by atoms with Gasteiger partial charge in [-0.1, -0.05) is 12.1 Å². The van der Waals surface area contributed by atoms with Gasteiger partial charge in [0.25, 0.3) is 0 Å². The van der Waals surface area contributed by atoms with Gasteiger partial charge < -0.3 is 9.15 Å². The minimum atomic E-state index is -0.758. The van der Waals surface area contributed by atoms with E-state index < -0.39 is 17.2 Å². The van der Waals surface area contributed by atoms with Gasteiger partial charge in [0.2, 0.25) is 0 Å². The van der Waals surface area contributed by atoms with Crippen LogP contribution in [0.15, 0.2) is 57.7 Å². The third-order valence-corrected chi connectivity index (χ3v) is 3.29. The average Bonchev–Trinajstić information content (AvgIpc) is 2.53. The van der Waals surface area contributed by atoms with E-state index in [9.17, 15) is 14.0 Å². The topological polar surface area (TPSA) is 56.5 Å². The molecule has 0 aliphatic carbocycles. The lowest BCUT2D eigenvalue weighted by molar-refractivity contribution is 0.103. The van der Waals surface area contributed by atoms with E-state index in [4.69, 9.17) is 9.15 Å². The van der Waals surface area contributed by atoms with Crippen molar-refractivity contribution in [3.05, 3.63) is 75.9 Å². The Morgan fingerprint density at radius 2 is 1.86 bits per heavy atom. The molecule has 3 aromatic rings. The SMILES string of the molecule is COc1cccc2cc(C(=O)c3ccc(F)cc3)c(=O)oc12. The molecule has 0 unspecified atom stereocenters. The molecule has 0 saturated carbocycles. The Bertz CT molecular complexity index is 910. The zero-order chi connectivity index (χ0) is 15.7. The Morgan fingerprint density at radius 3 is 2.55 bits per heavy atom. The summed E-state index contributed by atoms with van der Waals surface area (Å²) >= 11 is 0. The molecule has 0 saturated heterocycles. The van der Waals surface area contributed by atoms with Crippen LogP contribution in [0.2, 0.25) is 0 Å². The fourth-order valence-electron chi connectivity index (χ4n) is 2.19. The Labute approximate surface area is 124 Å². The molecule has 0 amide bonds. The molecule has 0 bridgehead atoms. The van der Waals surface area contributed by atoms with Crippen molar-refractivity contribution in [1.82, 2.24) is 0 Å². The highest BCUT2D eigenvalue weighted by atomic mass is 19.1. The first-order valence-electron chi connectivity index (χ1n) is 6.51. The second kappa shape index (κ2) is 5.44. The summed E-state index contributed by atoms with van der Waals surface area (Å²) in [5.41, 5.74) is -0.361. The van der Waals surface area contributed by atoms with Crippen molar-refractivity contribution in [2.24, 2.45) is 0 Å². The molecule has 0 N–H and O–H groups in total. The van der Waals surface area contributed by atoms with E-state index in [1.54, 1.807) is 18.2 Å². The summed E-state index contributed by atoms with van der Waals surface area (Å²) in [5, 5.41) is 0.574. The second-order valence-electron chi connectivity index (χ2n) is 4.66. The lowest BCUT2D eigenvalue weighted by Gasteiger charge is -2.05. The van der Waals surface area contributed by atoms with Crippen LogP contribution in [0.4, 0.5) is 4.39 Å². The van der Waals surface area contributed by atoms with E-state index in [-0.39, 0.29) is 16.7 Å². The van der Waals surface area contributed by atoms with Crippen LogP contribution < -0.4 is 10.4 Å². The van der Waals surface area contributed by atoms with Gasteiger partial charge in [0, 0.05) is 10.9 Å². The van der Waals surface area contributed by atoms with Crippen molar-refractivity contribution in [2.75, 3.05) is 7.11 Å². The second-order valence-corrected chi connectivity index (χ2v) is 4.66. The quantitative estimate of drug-likeness (QED) is 0.550. The van der Waals surface area contributed by atoms with Gasteiger partial charge in [0.1, 0.15) is 11.4 Å². The Kier molecular flexibility index (Phi) is 3.47. The molecule has 0 aliphatic rings. The number of carbonyl (C=O) groups is 1. The fourth-order valence-corrected chi connectivity index (χ4v) is 2.19. The van der Waals surface area contributed by atoms with Crippen molar-refractivity contribution >= 4 is 16.8 Å². The van der Waals surface area contributed by atoms with E-state index in [2.05, 4.69) is 0 Å². The van der Waals surface area contributed by atoms with Gasteiger partial charge in [-0.3, -0.25) is 4.79 Å². The number of fused-ring (bicyclic) bond motifs is 1. The van der Waals surface area contributed by atoms with Crippen LogP contribution in [0.1, 0.15) is 15.9 Å². The van der Waals surface area contributed by atoms with Crippen LogP contribution in [-0.2, 0) is 0 Å². The van der Waals surface area contributed by atoms with E-state index in [1.165, 1.54) is 37.4 Å². The Morgan fingerprint density at radius 1 is 1.14 bits per heavy atom. The predicted molar refractivity (Wildman–Crippen MR) is 78.9 cm³/mol. The largest absolute Gasteiger partial charge is 0.493 e. The monoisotopic (exact) mass is 298 g/mol. The van der Waals surface area contributed by atoms with Crippen LogP contribution in [0.3, 0.4) is 0 Å². The molecular weight excluding hydrogens is 287 g/mol. The Hall–Kier alpha value is -2.95. The molecule has 1 heterocycles. The maximum absolute atomic E-state index is 12.9. The highest BCUT2D eigenvalue weighted by molar-refractivity contribution is 6.09. The standard InChI is InChI=1S/C17H11FO4/c1-21-14-4-2-3-11-9-13(17(20)22-16(11)14)15(19)10-5-7-12(18)8-6-10/h2-9H,1H3. The first-order valence-corrected chi connectivity index (χ1v) is 6.51. The van der Waals surface area contributed by atoms with Crippen LogP contribution in [0, 0.1) is 5.82 Å². The molecule has 110 valence electrons. The molecular formula is C17H11FO4. The van der Waals surface area contributed by atoms with Crippen molar-refractivity contribution < 1.29 is 18.3 Å². The smallest absolute Gasteiger partial charge is 0.347 e. The number of ketones is 1. The third kappa shape index (κ3) is 2.37. The summed E-state index contributed by atoms with van der Waals surface area (Å²) in [6.07, 6.45) is 0. The minimum Gasteiger partial charge on any atom is -0.493 e.